The Balaban J connectivity index is 1.79. The van der Waals surface area contributed by atoms with Crippen LogP contribution < -0.4 is 5.32 Å². The van der Waals surface area contributed by atoms with E-state index in [4.69, 9.17) is 16.7 Å². The number of thiazole rings is 1. The van der Waals surface area contributed by atoms with Crippen molar-refractivity contribution in [1.82, 2.24) is 10.3 Å². The molecule has 2 N–H and O–H groups in total. The number of carbonyl (C=O) groups is 2. The van der Waals surface area contributed by atoms with Crippen LogP contribution in [-0.2, 0) is 11.2 Å². The van der Waals surface area contributed by atoms with Crippen molar-refractivity contribution in [3.63, 3.8) is 0 Å². The average Bonchev–Trinajstić information content (AvgIpc) is 2.98. The number of carboxylic acids is 1. The Morgan fingerprint density at radius 1 is 1.43 bits per heavy atom. The van der Waals surface area contributed by atoms with Gasteiger partial charge in [0.05, 0.1) is 15.3 Å². The number of aromatic carboxylic acids is 1. The van der Waals surface area contributed by atoms with Crippen LogP contribution in [0.25, 0.3) is 0 Å². The molecule has 0 aliphatic heterocycles. The van der Waals surface area contributed by atoms with Crippen molar-refractivity contribution in [2.45, 2.75) is 23.5 Å². The highest BCUT2D eigenvalue weighted by atomic mass is 35.5. The molecule has 1 unspecified atom stereocenters. The molecule has 2 rings (SSSR count). The summed E-state index contributed by atoms with van der Waals surface area (Å²) >= 11 is 8.75. The number of aromatic nitrogens is 1. The molecule has 0 bridgehead atoms. The lowest BCUT2D eigenvalue weighted by molar-refractivity contribution is -0.120. The fraction of sp³-hybridized carbons (Fsp3) is 0.267. The first-order valence-corrected chi connectivity index (χ1v) is 8.97. The standard InChI is InChI=1S/C15H15ClN2O3S2/c1-9(23-12-5-3-2-4-10(12)16)14(19)17-7-6-13-18-11(8-22-13)15(20)21/h2-5,8-9H,6-7H2,1H3,(H,17,19)(H,20,21). The van der Waals surface area contributed by atoms with Gasteiger partial charge < -0.3 is 10.4 Å². The van der Waals surface area contributed by atoms with Gasteiger partial charge in [-0.3, -0.25) is 4.79 Å². The van der Waals surface area contributed by atoms with E-state index in [1.165, 1.54) is 28.5 Å². The zero-order valence-electron chi connectivity index (χ0n) is 12.3. The first-order valence-electron chi connectivity index (χ1n) is 6.84. The molecule has 0 fully saturated rings. The number of nitrogens with one attached hydrogen (secondary N) is 1. The minimum absolute atomic E-state index is 0.0407. The highest BCUT2D eigenvalue weighted by Gasteiger charge is 2.15. The van der Waals surface area contributed by atoms with Gasteiger partial charge in [0, 0.05) is 23.2 Å². The second-order valence-corrected chi connectivity index (χ2v) is 7.40. The molecule has 0 aliphatic rings. The van der Waals surface area contributed by atoms with Gasteiger partial charge in [-0.05, 0) is 19.1 Å². The topological polar surface area (TPSA) is 79.3 Å². The van der Waals surface area contributed by atoms with Gasteiger partial charge in [-0.25, -0.2) is 9.78 Å². The molecule has 1 amide bonds. The Bertz CT molecular complexity index is 706. The molecule has 0 spiro atoms. The average molecular weight is 371 g/mol. The lowest BCUT2D eigenvalue weighted by Gasteiger charge is -2.12. The summed E-state index contributed by atoms with van der Waals surface area (Å²) in [7, 11) is 0. The monoisotopic (exact) mass is 370 g/mol. The van der Waals surface area contributed by atoms with E-state index in [1.54, 1.807) is 6.07 Å². The number of rotatable bonds is 7. The number of thioether (sulfide) groups is 1. The number of hydrogen-bond acceptors (Lipinski definition) is 5. The Kier molecular flexibility index (Phi) is 6.44. The smallest absolute Gasteiger partial charge is 0.355 e. The molecule has 1 atom stereocenters. The van der Waals surface area contributed by atoms with Crippen LogP contribution in [0.5, 0.6) is 0 Å². The third-order valence-electron chi connectivity index (χ3n) is 2.92. The molecule has 0 radical (unpaired) electrons. The zero-order valence-corrected chi connectivity index (χ0v) is 14.7. The zero-order chi connectivity index (χ0) is 16.8. The molecule has 0 aliphatic carbocycles. The van der Waals surface area contributed by atoms with E-state index in [0.29, 0.717) is 23.0 Å². The van der Waals surface area contributed by atoms with Crippen LogP contribution in [0.15, 0.2) is 34.5 Å². The largest absolute Gasteiger partial charge is 0.476 e. The number of amides is 1. The molecule has 0 saturated heterocycles. The Morgan fingerprint density at radius 3 is 2.83 bits per heavy atom. The summed E-state index contributed by atoms with van der Waals surface area (Å²) < 4.78 is 0. The quantitative estimate of drug-likeness (QED) is 0.731. The second-order valence-electron chi connectivity index (χ2n) is 4.66. The summed E-state index contributed by atoms with van der Waals surface area (Å²) in [6, 6.07) is 7.38. The van der Waals surface area contributed by atoms with Gasteiger partial charge in [-0.15, -0.1) is 23.1 Å². The van der Waals surface area contributed by atoms with Crippen molar-refractivity contribution in [2.75, 3.05) is 6.54 Å². The molecule has 0 saturated carbocycles. The molecule has 1 aromatic heterocycles. The molecular formula is C15H15ClN2O3S2. The van der Waals surface area contributed by atoms with Crippen molar-refractivity contribution < 1.29 is 14.7 Å². The van der Waals surface area contributed by atoms with Gasteiger partial charge in [0.2, 0.25) is 5.91 Å². The summed E-state index contributed by atoms with van der Waals surface area (Å²) in [5.74, 6) is -1.13. The lowest BCUT2D eigenvalue weighted by Crippen LogP contribution is -2.32. The molecule has 1 heterocycles. The van der Waals surface area contributed by atoms with Gasteiger partial charge in [0.25, 0.3) is 0 Å². The van der Waals surface area contributed by atoms with Crippen molar-refractivity contribution in [2.24, 2.45) is 0 Å². The van der Waals surface area contributed by atoms with Crippen LogP contribution in [-0.4, -0.2) is 33.8 Å². The first-order chi connectivity index (χ1) is 11.0. The molecule has 1 aromatic carbocycles. The van der Waals surface area contributed by atoms with Crippen LogP contribution in [0, 0.1) is 0 Å². The SMILES string of the molecule is CC(Sc1ccccc1Cl)C(=O)NCCc1nc(C(=O)O)cs1. The maximum absolute atomic E-state index is 12.1. The normalized spacial score (nSPS) is 11.9. The Morgan fingerprint density at radius 2 is 2.17 bits per heavy atom. The Hall–Kier alpha value is -1.57. The van der Waals surface area contributed by atoms with Crippen molar-refractivity contribution >= 4 is 46.6 Å². The summed E-state index contributed by atoms with van der Waals surface area (Å²) in [5, 5.41) is 14.2. The summed E-state index contributed by atoms with van der Waals surface area (Å²) in [4.78, 5) is 27.7. The van der Waals surface area contributed by atoms with Crippen LogP contribution in [0.1, 0.15) is 22.4 Å². The number of hydrogen-bond donors (Lipinski definition) is 2. The maximum atomic E-state index is 12.1. The van der Waals surface area contributed by atoms with E-state index >= 15 is 0 Å². The minimum atomic E-state index is -1.04. The van der Waals surface area contributed by atoms with E-state index in [2.05, 4.69) is 10.3 Å². The summed E-state index contributed by atoms with van der Waals surface area (Å²) in [6.07, 6.45) is 0.507. The van der Waals surface area contributed by atoms with E-state index in [9.17, 15) is 9.59 Å². The van der Waals surface area contributed by atoms with Crippen LogP contribution in [0.4, 0.5) is 0 Å². The third-order valence-corrected chi connectivity index (χ3v) is 5.45. The van der Waals surface area contributed by atoms with Gasteiger partial charge in [-0.1, -0.05) is 23.7 Å². The predicted molar refractivity (Wildman–Crippen MR) is 92.6 cm³/mol. The van der Waals surface area contributed by atoms with Crippen molar-refractivity contribution in [1.29, 1.82) is 0 Å². The minimum Gasteiger partial charge on any atom is -0.476 e. The van der Waals surface area contributed by atoms with E-state index in [0.717, 1.165) is 4.90 Å². The molecule has 8 heteroatoms. The van der Waals surface area contributed by atoms with Crippen molar-refractivity contribution in [3.8, 4) is 0 Å². The molecule has 122 valence electrons. The number of carboxylic acid groups (broad SMARTS) is 1. The number of nitrogens with zero attached hydrogens (tertiary/aromatic N) is 1. The lowest BCUT2D eigenvalue weighted by atomic mass is 10.4. The van der Waals surface area contributed by atoms with E-state index in [1.807, 2.05) is 25.1 Å². The van der Waals surface area contributed by atoms with Gasteiger partial charge in [0.15, 0.2) is 5.69 Å². The summed E-state index contributed by atoms with van der Waals surface area (Å²) in [5.41, 5.74) is 0.0407. The van der Waals surface area contributed by atoms with Gasteiger partial charge >= 0.3 is 5.97 Å². The fourth-order valence-corrected chi connectivity index (χ4v) is 3.70. The van der Waals surface area contributed by atoms with Crippen LogP contribution in [0.2, 0.25) is 5.02 Å². The van der Waals surface area contributed by atoms with Gasteiger partial charge in [0.1, 0.15) is 0 Å². The van der Waals surface area contributed by atoms with Crippen LogP contribution in [0.3, 0.4) is 0 Å². The Labute approximate surface area is 147 Å². The van der Waals surface area contributed by atoms with E-state index in [-0.39, 0.29) is 16.9 Å². The van der Waals surface area contributed by atoms with Gasteiger partial charge in [-0.2, -0.15) is 0 Å². The second kappa shape index (κ2) is 8.33. The van der Waals surface area contributed by atoms with Crippen molar-refractivity contribution in [3.05, 3.63) is 45.4 Å². The predicted octanol–water partition coefficient (Wildman–Crippen LogP) is 3.33. The number of carbonyl (C=O) groups excluding carboxylic acids is 1. The highest BCUT2D eigenvalue weighted by Crippen LogP contribution is 2.29. The van der Waals surface area contributed by atoms with Crippen LogP contribution >= 0.6 is 34.7 Å². The fourth-order valence-electron chi connectivity index (χ4n) is 1.74. The molecule has 2 aromatic rings. The highest BCUT2D eigenvalue weighted by molar-refractivity contribution is 8.00. The number of halogens is 1. The molecule has 5 nitrogen and oxygen atoms in total. The maximum Gasteiger partial charge on any atom is 0.355 e. The third kappa shape index (κ3) is 5.23. The molecular weight excluding hydrogens is 356 g/mol. The first kappa shape index (κ1) is 17.8. The number of benzene rings is 1. The summed E-state index contributed by atoms with van der Waals surface area (Å²) in [6.45, 7) is 2.23. The van der Waals surface area contributed by atoms with E-state index < -0.39 is 5.97 Å². The molecule has 23 heavy (non-hydrogen) atoms.